The third-order valence-electron chi connectivity index (χ3n) is 3.19. The molecule has 5 nitrogen and oxygen atoms in total. The van der Waals surface area contributed by atoms with Gasteiger partial charge < -0.3 is 4.98 Å². The van der Waals surface area contributed by atoms with Gasteiger partial charge in [-0.3, -0.25) is 0 Å². The molecule has 0 radical (unpaired) electrons. The summed E-state index contributed by atoms with van der Waals surface area (Å²) < 4.78 is 52.6. The van der Waals surface area contributed by atoms with E-state index < -0.39 is 21.7 Å². The first kappa shape index (κ1) is 14.6. The number of pyridine rings is 1. The lowest BCUT2D eigenvalue weighted by Crippen LogP contribution is -2.23. The van der Waals surface area contributed by atoms with Crippen LogP contribution in [0.2, 0.25) is 0 Å². The summed E-state index contributed by atoms with van der Waals surface area (Å²) in [5.41, 5.74) is 1.35. The van der Waals surface area contributed by atoms with Crippen LogP contribution in [0.5, 0.6) is 0 Å². The molecular weight excluding hydrogens is 312 g/mol. The Bertz CT molecular complexity index is 938. The molecule has 0 aliphatic heterocycles. The van der Waals surface area contributed by atoms with Gasteiger partial charge in [0.1, 0.15) is 5.65 Å². The van der Waals surface area contributed by atoms with Gasteiger partial charge in [-0.2, -0.15) is 0 Å². The molecule has 0 saturated carbocycles. The molecule has 0 aliphatic carbocycles. The maximum atomic E-state index is 13.2. The van der Waals surface area contributed by atoms with Crippen molar-refractivity contribution in [2.75, 3.05) is 0 Å². The fourth-order valence-corrected chi connectivity index (χ4v) is 3.08. The molecule has 2 N–H and O–H groups in total. The minimum Gasteiger partial charge on any atom is -0.346 e. The standard InChI is InChI=1S/C14H11F2N3O2S/c15-12-4-3-10(6-13(12)16)22(20,21)19-8-9-7-18-14-11(9)2-1-5-17-14/h1-7,19H,8H2,(H,17,18). The van der Waals surface area contributed by atoms with Crippen molar-refractivity contribution < 1.29 is 17.2 Å². The first-order valence-corrected chi connectivity index (χ1v) is 7.81. The highest BCUT2D eigenvalue weighted by Crippen LogP contribution is 2.17. The highest BCUT2D eigenvalue weighted by atomic mass is 32.2. The van der Waals surface area contributed by atoms with Crippen LogP contribution < -0.4 is 4.72 Å². The van der Waals surface area contributed by atoms with E-state index >= 15 is 0 Å². The van der Waals surface area contributed by atoms with Gasteiger partial charge in [0.05, 0.1) is 4.90 Å². The molecule has 2 heterocycles. The predicted octanol–water partition coefficient (Wildman–Crippen LogP) is 2.32. The molecule has 0 unspecified atom stereocenters. The van der Waals surface area contributed by atoms with E-state index in [9.17, 15) is 17.2 Å². The highest BCUT2D eigenvalue weighted by molar-refractivity contribution is 7.89. The second-order valence-electron chi connectivity index (χ2n) is 4.61. The Hall–Kier alpha value is -2.32. The van der Waals surface area contributed by atoms with E-state index in [0.717, 1.165) is 17.5 Å². The average molecular weight is 323 g/mol. The van der Waals surface area contributed by atoms with Gasteiger partial charge in [-0.15, -0.1) is 0 Å². The second kappa shape index (κ2) is 5.47. The Balaban J connectivity index is 1.84. The third-order valence-corrected chi connectivity index (χ3v) is 4.59. The van der Waals surface area contributed by atoms with Gasteiger partial charge in [-0.1, -0.05) is 0 Å². The van der Waals surface area contributed by atoms with E-state index in [1.54, 1.807) is 24.5 Å². The van der Waals surface area contributed by atoms with Crippen molar-refractivity contribution in [3.8, 4) is 0 Å². The molecule has 0 spiro atoms. The van der Waals surface area contributed by atoms with Crippen molar-refractivity contribution in [3.63, 3.8) is 0 Å². The number of hydrogen-bond acceptors (Lipinski definition) is 3. The lowest BCUT2D eigenvalue weighted by molar-refractivity contribution is 0.504. The highest BCUT2D eigenvalue weighted by Gasteiger charge is 2.17. The first-order valence-electron chi connectivity index (χ1n) is 6.33. The number of benzene rings is 1. The zero-order chi connectivity index (χ0) is 15.7. The summed E-state index contributed by atoms with van der Waals surface area (Å²) in [4.78, 5) is 6.70. The zero-order valence-corrected chi connectivity index (χ0v) is 12.0. The number of hydrogen-bond donors (Lipinski definition) is 2. The summed E-state index contributed by atoms with van der Waals surface area (Å²) in [6.07, 6.45) is 3.26. The fourth-order valence-electron chi connectivity index (χ4n) is 2.06. The smallest absolute Gasteiger partial charge is 0.240 e. The maximum absolute atomic E-state index is 13.2. The van der Waals surface area contributed by atoms with Gasteiger partial charge in [-0.25, -0.2) is 26.9 Å². The van der Waals surface area contributed by atoms with Gasteiger partial charge in [-0.05, 0) is 35.9 Å². The summed E-state index contributed by atoms with van der Waals surface area (Å²) in [5.74, 6) is -2.30. The fraction of sp³-hybridized carbons (Fsp3) is 0.0714. The minimum atomic E-state index is -3.94. The number of halogens is 2. The molecule has 22 heavy (non-hydrogen) atoms. The quantitative estimate of drug-likeness (QED) is 0.774. The number of fused-ring (bicyclic) bond motifs is 1. The molecular formula is C14H11F2N3O2S. The lowest BCUT2D eigenvalue weighted by atomic mass is 10.2. The van der Waals surface area contributed by atoms with Crippen LogP contribution in [0.15, 0.2) is 47.6 Å². The Morgan fingerprint density at radius 1 is 1.18 bits per heavy atom. The monoisotopic (exact) mass is 323 g/mol. The molecule has 114 valence electrons. The zero-order valence-electron chi connectivity index (χ0n) is 11.2. The maximum Gasteiger partial charge on any atom is 0.240 e. The summed E-state index contributed by atoms with van der Waals surface area (Å²) in [5, 5.41) is 0.787. The summed E-state index contributed by atoms with van der Waals surface area (Å²) in [6.45, 7) is 0.00697. The van der Waals surface area contributed by atoms with Gasteiger partial charge in [0.2, 0.25) is 10.0 Å². The van der Waals surface area contributed by atoms with Crippen LogP contribution in [-0.4, -0.2) is 18.4 Å². The van der Waals surface area contributed by atoms with Crippen molar-refractivity contribution in [1.29, 1.82) is 0 Å². The topological polar surface area (TPSA) is 74.8 Å². The van der Waals surface area contributed by atoms with Crippen molar-refractivity contribution in [2.24, 2.45) is 0 Å². The number of nitrogens with one attached hydrogen (secondary N) is 2. The molecule has 2 aromatic heterocycles. The van der Waals surface area contributed by atoms with Gasteiger partial charge >= 0.3 is 0 Å². The molecule has 0 fully saturated rings. The first-order chi connectivity index (χ1) is 10.5. The normalized spacial score (nSPS) is 11.9. The Labute approximate surface area is 125 Å². The van der Waals surface area contributed by atoms with Crippen LogP contribution in [-0.2, 0) is 16.6 Å². The van der Waals surface area contributed by atoms with Crippen LogP contribution in [0.3, 0.4) is 0 Å². The minimum absolute atomic E-state index is 0.00697. The number of H-pyrrole nitrogens is 1. The molecule has 3 rings (SSSR count). The van der Waals surface area contributed by atoms with Gasteiger partial charge in [0.25, 0.3) is 0 Å². The van der Waals surface area contributed by atoms with E-state index in [1.165, 1.54) is 0 Å². The van der Waals surface area contributed by atoms with Crippen molar-refractivity contribution in [3.05, 3.63) is 59.9 Å². The average Bonchev–Trinajstić information content (AvgIpc) is 2.91. The second-order valence-corrected chi connectivity index (χ2v) is 6.38. The molecule has 0 saturated heterocycles. The van der Waals surface area contributed by atoms with Crippen LogP contribution in [0, 0.1) is 11.6 Å². The predicted molar refractivity (Wildman–Crippen MR) is 76.5 cm³/mol. The number of aromatic nitrogens is 2. The lowest BCUT2D eigenvalue weighted by Gasteiger charge is -2.06. The van der Waals surface area contributed by atoms with Gasteiger partial charge in [0.15, 0.2) is 11.6 Å². The van der Waals surface area contributed by atoms with E-state index in [0.29, 0.717) is 17.3 Å². The molecule has 0 atom stereocenters. The van der Waals surface area contributed by atoms with E-state index in [1.807, 2.05) is 0 Å². The Morgan fingerprint density at radius 3 is 2.77 bits per heavy atom. The molecule has 3 aromatic rings. The largest absolute Gasteiger partial charge is 0.346 e. The van der Waals surface area contributed by atoms with Crippen molar-refractivity contribution >= 4 is 21.1 Å². The number of rotatable bonds is 4. The molecule has 1 aromatic carbocycles. The number of aromatic amines is 1. The molecule has 8 heteroatoms. The summed E-state index contributed by atoms with van der Waals surface area (Å²) in [6, 6.07) is 5.98. The van der Waals surface area contributed by atoms with Crippen LogP contribution in [0.4, 0.5) is 8.78 Å². The number of nitrogens with zero attached hydrogens (tertiary/aromatic N) is 1. The van der Waals surface area contributed by atoms with Crippen LogP contribution in [0.1, 0.15) is 5.56 Å². The van der Waals surface area contributed by atoms with Crippen molar-refractivity contribution in [1.82, 2.24) is 14.7 Å². The molecule has 0 bridgehead atoms. The molecule has 0 amide bonds. The van der Waals surface area contributed by atoms with Crippen LogP contribution in [0.25, 0.3) is 11.0 Å². The number of sulfonamides is 1. The Morgan fingerprint density at radius 2 is 2.00 bits per heavy atom. The summed E-state index contributed by atoms with van der Waals surface area (Å²) >= 11 is 0. The van der Waals surface area contributed by atoms with E-state index in [-0.39, 0.29) is 11.4 Å². The van der Waals surface area contributed by atoms with Crippen molar-refractivity contribution in [2.45, 2.75) is 11.4 Å². The molecule has 0 aliphatic rings. The van der Waals surface area contributed by atoms with Crippen LogP contribution >= 0.6 is 0 Å². The third kappa shape index (κ3) is 2.70. The van der Waals surface area contributed by atoms with Gasteiger partial charge in [0, 0.05) is 24.3 Å². The Kier molecular flexibility index (Phi) is 3.63. The SMILES string of the molecule is O=S(=O)(NCc1c[nH]c2ncccc12)c1ccc(F)c(F)c1. The van der Waals surface area contributed by atoms with E-state index in [2.05, 4.69) is 14.7 Å². The summed E-state index contributed by atoms with van der Waals surface area (Å²) in [7, 11) is -3.94. The van der Waals surface area contributed by atoms with E-state index in [4.69, 9.17) is 0 Å².